The van der Waals surface area contributed by atoms with E-state index in [-0.39, 0.29) is 18.3 Å². The minimum absolute atomic E-state index is 0.0699. The van der Waals surface area contributed by atoms with Gasteiger partial charge in [-0.2, -0.15) is 0 Å². The summed E-state index contributed by atoms with van der Waals surface area (Å²) in [6.45, 7) is 0.0699. The lowest BCUT2D eigenvalue weighted by Crippen LogP contribution is -1.99. The minimum Gasteiger partial charge on any atom is -0.487 e. The van der Waals surface area contributed by atoms with Gasteiger partial charge in [0.15, 0.2) is 0 Å². The second kappa shape index (κ2) is 7.14. The first-order valence-electron chi connectivity index (χ1n) is 5.75. The second-order valence-corrected chi connectivity index (χ2v) is 4.57. The average molecular weight is 310 g/mol. The van der Waals surface area contributed by atoms with Crippen LogP contribution in [-0.2, 0) is 6.61 Å². The maximum Gasteiger partial charge on any atom is 0.139 e. The Bertz CT molecular complexity index is 664. The lowest BCUT2D eigenvalue weighted by molar-refractivity contribution is 0.298. The van der Waals surface area contributed by atoms with E-state index in [1.165, 1.54) is 24.4 Å². The molecule has 2 rings (SSSR count). The molecule has 102 valence electrons. The third-order valence-electron chi connectivity index (χ3n) is 2.41. The molecule has 0 N–H and O–H groups in total. The topological polar surface area (TPSA) is 22.1 Å². The molecular formula is C15H10Cl2FNO. The number of aromatic nitrogens is 1. The van der Waals surface area contributed by atoms with Gasteiger partial charge in [-0.25, -0.2) is 4.39 Å². The predicted molar refractivity (Wildman–Crippen MR) is 77.6 cm³/mol. The maximum atomic E-state index is 13.5. The normalized spacial score (nSPS) is 9.75. The number of pyridine rings is 1. The summed E-state index contributed by atoms with van der Waals surface area (Å²) in [5.41, 5.74) is 1.07. The van der Waals surface area contributed by atoms with Crippen LogP contribution >= 0.6 is 23.2 Å². The van der Waals surface area contributed by atoms with Crippen LogP contribution in [0.2, 0.25) is 5.02 Å². The minimum atomic E-state index is -0.361. The second-order valence-electron chi connectivity index (χ2n) is 3.87. The van der Waals surface area contributed by atoms with Crippen molar-refractivity contribution < 1.29 is 9.13 Å². The van der Waals surface area contributed by atoms with Gasteiger partial charge in [0.2, 0.25) is 0 Å². The molecule has 0 radical (unpaired) electrons. The molecule has 1 aromatic carbocycles. The van der Waals surface area contributed by atoms with Crippen LogP contribution in [0, 0.1) is 17.7 Å². The van der Waals surface area contributed by atoms with Gasteiger partial charge in [-0.05, 0) is 24.3 Å². The quantitative estimate of drug-likeness (QED) is 0.630. The third kappa shape index (κ3) is 4.12. The highest BCUT2D eigenvalue weighted by molar-refractivity contribution is 6.30. The van der Waals surface area contributed by atoms with Gasteiger partial charge < -0.3 is 4.74 Å². The molecule has 0 saturated heterocycles. The molecular weight excluding hydrogens is 300 g/mol. The van der Waals surface area contributed by atoms with E-state index in [0.29, 0.717) is 21.9 Å². The molecule has 0 fully saturated rings. The van der Waals surface area contributed by atoms with Gasteiger partial charge >= 0.3 is 0 Å². The van der Waals surface area contributed by atoms with E-state index in [1.54, 1.807) is 12.3 Å². The van der Waals surface area contributed by atoms with Gasteiger partial charge in [-0.15, -0.1) is 11.6 Å². The highest BCUT2D eigenvalue weighted by atomic mass is 35.5. The van der Waals surface area contributed by atoms with Crippen molar-refractivity contribution >= 4 is 23.2 Å². The lowest BCUT2D eigenvalue weighted by Gasteiger charge is -2.07. The Balaban J connectivity index is 2.09. The summed E-state index contributed by atoms with van der Waals surface area (Å²) in [6, 6.07) is 6.04. The van der Waals surface area contributed by atoms with Crippen molar-refractivity contribution in [3.63, 3.8) is 0 Å². The van der Waals surface area contributed by atoms with Gasteiger partial charge in [-0.1, -0.05) is 23.4 Å². The Labute approximate surface area is 126 Å². The zero-order valence-corrected chi connectivity index (χ0v) is 11.9. The van der Waals surface area contributed by atoms with E-state index < -0.39 is 0 Å². The zero-order chi connectivity index (χ0) is 14.4. The van der Waals surface area contributed by atoms with Crippen molar-refractivity contribution in [3.05, 3.63) is 58.6 Å². The zero-order valence-electron chi connectivity index (χ0n) is 10.4. The molecule has 0 unspecified atom stereocenters. The van der Waals surface area contributed by atoms with Crippen LogP contribution in [0.25, 0.3) is 0 Å². The van der Waals surface area contributed by atoms with Crippen molar-refractivity contribution in [1.29, 1.82) is 0 Å². The Morgan fingerprint density at radius 1 is 1.25 bits per heavy atom. The molecule has 0 bridgehead atoms. The van der Waals surface area contributed by atoms with Gasteiger partial charge in [0, 0.05) is 22.3 Å². The first kappa shape index (κ1) is 14.6. The molecule has 0 saturated carbocycles. The summed E-state index contributed by atoms with van der Waals surface area (Å²) < 4.78 is 19.0. The highest BCUT2D eigenvalue weighted by Crippen LogP contribution is 2.18. The van der Waals surface area contributed by atoms with Crippen LogP contribution in [0.15, 0.2) is 36.7 Å². The fraction of sp³-hybridized carbons (Fsp3) is 0.133. The Morgan fingerprint density at radius 2 is 2.10 bits per heavy atom. The van der Waals surface area contributed by atoms with Crippen LogP contribution in [0.4, 0.5) is 4.39 Å². The van der Waals surface area contributed by atoms with Crippen molar-refractivity contribution in [3.8, 4) is 17.6 Å². The van der Waals surface area contributed by atoms with Crippen molar-refractivity contribution in [1.82, 2.24) is 4.98 Å². The predicted octanol–water partition coefficient (Wildman–Crippen LogP) is 4.04. The summed E-state index contributed by atoms with van der Waals surface area (Å²) >= 11 is 11.3. The molecule has 1 aromatic heterocycles. The molecule has 0 aliphatic carbocycles. The number of ether oxygens (including phenoxy) is 1. The molecule has 0 atom stereocenters. The highest BCUT2D eigenvalue weighted by Gasteiger charge is 2.04. The van der Waals surface area contributed by atoms with Gasteiger partial charge in [0.05, 0.1) is 12.1 Å². The Morgan fingerprint density at radius 3 is 2.90 bits per heavy atom. The molecule has 2 nitrogen and oxygen atoms in total. The number of nitrogens with zero attached hydrogens (tertiary/aromatic N) is 1. The van der Waals surface area contributed by atoms with Crippen LogP contribution < -0.4 is 4.74 Å². The fourth-order valence-electron chi connectivity index (χ4n) is 1.52. The average Bonchev–Trinajstić information content (AvgIpc) is 2.46. The van der Waals surface area contributed by atoms with Gasteiger partial charge in [0.1, 0.15) is 18.2 Å². The van der Waals surface area contributed by atoms with Crippen LogP contribution in [-0.4, -0.2) is 10.9 Å². The molecule has 0 aliphatic rings. The van der Waals surface area contributed by atoms with Crippen LogP contribution in [0.1, 0.15) is 11.1 Å². The molecule has 2 aromatic rings. The number of halogens is 3. The van der Waals surface area contributed by atoms with E-state index in [0.717, 1.165) is 0 Å². The lowest BCUT2D eigenvalue weighted by atomic mass is 10.2. The summed E-state index contributed by atoms with van der Waals surface area (Å²) in [6.07, 6.45) is 3.14. The summed E-state index contributed by atoms with van der Waals surface area (Å²) in [5.74, 6) is 5.95. The smallest absolute Gasteiger partial charge is 0.139 e. The monoisotopic (exact) mass is 309 g/mol. The number of benzene rings is 1. The van der Waals surface area contributed by atoms with Gasteiger partial charge in [-0.3, -0.25) is 4.98 Å². The number of hydrogen-bond donors (Lipinski definition) is 0. The number of hydrogen-bond acceptors (Lipinski definition) is 2. The Kier molecular flexibility index (Phi) is 5.23. The number of alkyl halides is 1. The molecule has 0 amide bonds. The molecule has 0 spiro atoms. The summed E-state index contributed by atoms with van der Waals surface area (Å²) in [7, 11) is 0. The van der Waals surface area contributed by atoms with Crippen LogP contribution in [0.5, 0.6) is 5.75 Å². The van der Waals surface area contributed by atoms with E-state index in [2.05, 4.69) is 16.8 Å². The fourth-order valence-corrected chi connectivity index (χ4v) is 1.78. The largest absolute Gasteiger partial charge is 0.487 e. The van der Waals surface area contributed by atoms with Crippen molar-refractivity contribution in [2.45, 2.75) is 6.61 Å². The molecule has 5 heteroatoms. The third-order valence-corrected chi connectivity index (χ3v) is 2.78. The molecule has 1 heterocycles. The first-order valence-corrected chi connectivity index (χ1v) is 6.67. The summed E-state index contributed by atoms with van der Waals surface area (Å²) in [4.78, 5) is 4.00. The van der Waals surface area contributed by atoms with E-state index in [9.17, 15) is 4.39 Å². The Hall–Kier alpha value is -1.76. The SMILES string of the molecule is Fc1ccc(Cl)cc1COc1cncc(C#CCCl)c1. The molecule has 0 aliphatic heterocycles. The van der Waals surface area contributed by atoms with Gasteiger partial charge in [0.25, 0.3) is 0 Å². The van der Waals surface area contributed by atoms with E-state index in [4.69, 9.17) is 27.9 Å². The molecule has 20 heavy (non-hydrogen) atoms. The maximum absolute atomic E-state index is 13.5. The van der Waals surface area contributed by atoms with Crippen molar-refractivity contribution in [2.75, 3.05) is 5.88 Å². The van der Waals surface area contributed by atoms with E-state index >= 15 is 0 Å². The number of rotatable bonds is 3. The van der Waals surface area contributed by atoms with E-state index in [1.807, 2.05) is 0 Å². The first-order chi connectivity index (χ1) is 9.69. The van der Waals surface area contributed by atoms with Crippen LogP contribution in [0.3, 0.4) is 0 Å². The van der Waals surface area contributed by atoms with Crippen molar-refractivity contribution in [2.24, 2.45) is 0 Å². The summed E-state index contributed by atoms with van der Waals surface area (Å²) in [5, 5.41) is 0.463. The standard InChI is InChI=1S/C15H10Cl2FNO/c16-5-1-2-11-6-14(9-19-8-11)20-10-12-7-13(17)3-4-15(12)18/h3-4,6-9H,5,10H2.